The Morgan fingerprint density at radius 1 is 0.967 bits per heavy atom. The normalized spacial score (nSPS) is 12.9. The summed E-state index contributed by atoms with van der Waals surface area (Å²) in [5.74, 6) is 1.61. The van der Waals surface area contributed by atoms with Gasteiger partial charge in [0.25, 0.3) is 0 Å². The topological polar surface area (TPSA) is 121 Å². The molecule has 0 radical (unpaired) electrons. The predicted molar refractivity (Wildman–Crippen MR) is 111 cm³/mol. The van der Waals surface area contributed by atoms with Crippen LogP contribution < -0.4 is 16.0 Å². The third-order valence-corrected chi connectivity index (χ3v) is 4.21. The number of amides is 2. The second-order valence-corrected chi connectivity index (χ2v) is 6.41. The Bertz CT molecular complexity index is 1030. The molecule has 10 nitrogen and oxygen atoms in total. The molecule has 30 heavy (non-hydrogen) atoms. The van der Waals surface area contributed by atoms with Crippen LogP contribution in [0.1, 0.15) is 0 Å². The molecular formula is C20H19N7O3. The highest BCUT2D eigenvalue weighted by atomic mass is 16.6. The van der Waals surface area contributed by atoms with E-state index in [1.54, 1.807) is 24.4 Å². The van der Waals surface area contributed by atoms with Gasteiger partial charge in [0.1, 0.15) is 36.9 Å². The van der Waals surface area contributed by atoms with Crippen LogP contribution in [0.2, 0.25) is 0 Å². The number of hydrogen-bond acceptors (Lipinski definition) is 8. The Hall–Kier alpha value is -4.21. The van der Waals surface area contributed by atoms with E-state index in [2.05, 4.69) is 30.9 Å². The molecular weight excluding hydrogens is 386 g/mol. The van der Waals surface area contributed by atoms with Crippen LogP contribution in [0.5, 0.6) is 0 Å². The maximum absolute atomic E-state index is 12.1. The van der Waals surface area contributed by atoms with Crippen LogP contribution >= 0.6 is 0 Å². The van der Waals surface area contributed by atoms with E-state index in [0.717, 1.165) is 5.69 Å². The number of carbonyl (C=O) groups excluding carboxylic acids is 2. The zero-order valence-electron chi connectivity index (χ0n) is 15.9. The second-order valence-electron chi connectivity index (χ2n) is 6.41. The van der Waals surface area contributed by atoms with Crippen LogP contribution in [-0.2, 0) is 9.53 Å². The van der Waals surface area contributed by atoms with Crippen molar-refractivity contribution in [1.29, 1.82) is 0 Å². The number of hydrogen-bond donors (Lipinski definition) is 3. The molecule has 3 heterocycles. The number of cyclic esters (lactones) is 1. The number of pyridine rings is 1. The van der Waals surface area contributed by atoms with Crippen molar-refractivity contribution in [2.24, 2.45) is 0 Å². The molecule has 0 bridgehead atoms. The van der Waals surface area contributed by atoms with Crippen molar-refractivity contribution in [3.63, 3.8) is 0 Å². The summed E-state index contributed by atoms with van der Waals surface area (Å²) in [4.78, 5) is 37.4. The van der Waals surface area contributed by atoms with Gasteiger partial charge < -0.3 is 20.7 Å². The van der Waals surface area contributed by atoms with E-state index in [-0.39, 0.29) is 12.5 Å². The number of rotatable bonds is 7. The lowest BCUT2D eigenvalue weighted by molar-refractivity contribution is -0.116. The highest BCUT2D eigenvalue weighted by Gasteiger charge is 2.23. The third-order valence-electron chi connectivity index (χ3n) is 4.21. The smallest absolute Gasteiger partial charge is 0.410 e. The van der Waals surface area contributed by atoms with Crippen LogP contribution in [0.4, 0.5) is 33.6 Å². The van der Waals surface area contributed by atoms with Crippen LogP contribution in [-0.4, -0.2) is 51.5 Å². The fraction of sp³-hybridized carbons (Fsp3) is 0.150. The van der Waals surface area contributed by atoms with Gasteiger partial charge in [-0.3, -0.25) is 9.69 Å². The van der Waals surface area contributed by atoms with Gasteiger partial charge >= 0.3 is 6.09 Å². The van der Waals surface area contributed by atoms with Gasteiger partial charge in [0.05, 0.1) is 6.54 Å². The first-order chi connectivity index (χ1) is 14.7. The molecule has 4 rings (SSSR count). The van der Waals surface area contributed by atoms with E-state index in [0.29, 0.717) is 36.3 Å². The Kier molecular flexibility index (Phi) is 5.65. The average Bonchev–Trinajstić information content (AvgIpc) is 3.15. The Morgan fingerprint density at radius 3 is 2.43 bits per heavy atom. The number of anilines is 5. The fourth-order valence-electron chi connectivity index (χ4n) is 2.79. The summed E-state index contributed by atoms with van der Waals surface area (Å²) in [6.45, 7) is 0.700. The van der Waals surface area contributed by atoms with Crippen molar-refractivity contribution in [3.05, 3.63) is 61.1 Å². The van der Waals surface area contributed by atoms with Gasteiger partial charge in [0.15, 0.2) is 0 Å². The number of ether oxygens (including phenoxy) is 1. The van der Waals surface area contributed by atoms with Crippen molar-refractivity contribution in [2.75, 3.05) is 35.6 Å². The van der Waals surface area contributed by atoms with Gasteiger partial charge in [-0.05, 0) is 36.4 Å². The molecule has 3 aromatic rings. The van der Waals surface area contributed by atoms with Crippen LogP contribution in [0.3, 0.4) is 0 Å². The summed E-state index contributed by atoms with van der Waals surface area (Å²) >= 11 is 0. The highest BCUT2D eigenvalue weighted by molar-refractivity contribution is 5.94. The molecule has 10 heteroatoms. The average molecular weight is 405 g/mol. The SMILES string of the molecule is O=C(CN1CCOC1=O)Nc1ccc(Nc2cc(Nc3ccccn3)ncn2)cc1. The first kappa shape index (κ1) is 19.1. The van der Waals surface area contributed by atoms with Crippen molar-refractivity contribution in [1.82, 2.24) is 19.9 Å². The summed E-state index contributed by atoms with van der Waals surface area (Å²) in [6, 6.07) is 14.5. The molecule has 1 aliphatic heterocycles. The van der Waals surface area contributed by atoms with Crippen LogP contribution in [0.15, 0.2) is 61.1 Å². The molecule has 1 fully saturated rings. The first-order valence-corrected chi connectivity index (χ1v) is 9.24. The van der Waals surface area contributed by atoms with Gasteiger partial charge in [0, 0.05) is 23.6 Å². The minimum atomic E-state index is -0.466. The number of benzene rings is 1. The largest absolute Gasteiger partial charge is 0.448 e. The number of nitrogens with zero attached hydrogens (tertiary/aromatic N) is 4. The Balaban J connectivity index is 1.34. The lowest BCUT2D eigenvalue weighted by atomic mass is 10.2. The number of aromatic nitrogens is 3. The van der Waals surface area contributed by atoms with Gasteiger partial charge in [-0.15, -0.1) is 0 Å². The quantitative estimate of drug-likeness (QED) is 0.549. The molecule has 0 aliphatic carbocycles. The van der Waals surface area contributed by atoms with Crippen molar-refractivity contribution in [3.8, 4) is 0 Å². The van der Waals surface area contributed by atoms with Crippen LogP contribution in [0.25, 0.3) is 0 Å². The zero-order chi connectivity index (χ0) is 20.8. The molecule has 1 aliphatic rings. The van der Waals surface area contributed by atoms with Gasteiger partial charge in [-0.25, -0.2) is 19.7 Å². The standard InChI is InChI=1S/C20H19N7O3/c28-19(12-27-9-10-30-20(27)29)25-15-6-4-14(5-7-15)24-17-11-18(23-13-22-17)26-16-3-1-2-8-21-16/h1-8,11,13H,9-10,12H2,(H,25,28)(H2,21,22,23,24,26). The summed E-state index contributed by atoms with van der Waals surface area (Å²) in [6.07, 6.45) is 2.68. The second kappa shape index (κ2) is 8.86. The molecule has 152 valence electrons. The van der Waals surface area contributed by atoms with Crippen molar-refractivity contribution < 1.29 is 14.3 Å². The van der Waals surface area contributed by atoms with Gasteiger partial charge in [-0.2, -0.15) is 0 Å². The Morgan fingerprint density at radius 2 is 1.73 bits per heavy atom. The third kappa shape index (κ3) is 4.98. The molecule has 1 saturated heterocycles. The molecule has 0 atom stereocenters. The highest BCUT2D eigenvalue weighted by Crippen LogP contribution is 2.20. The van der Waals surface area contributed by atoms with E-state index >= 15 is 0 Å². The molecule has 0 spiro atoms. The minimum Gasteiger partial charge on any atom is -0.448 e. The molecule has 1 aromatic carbocycles. The molecule has 2 aromatic heterocycles. The molecule has 0 saturated carbocycles. The lowest BCUT2D eigenvalue weighted by Crippen LogP contribution is -2.33. The van der Waals surface area contributed by atoms with Crippen molar-refractivity contribution >= 4 is 40.8 Å². The lowest BCUT2D eigenvalue weighted by Gasteiger charge is -2.13. The maximum Gasteiger partial charge on any atom is 0.410 e. The van der Waals surface area contributed by atoms with E-state index < -0.39 is 6.09 Å². The summed E-state index contributed by atoms with van der Waals surface area (Å²) in [7, 11) is 0. The van der Waals surface area contributed by atoms with Gasteiger partial charge in [0.2, 0.25) is 5.91 Å². The van der Waals surface area contributed by atoms with E-state index in [4.69, 9.17) is 4.74 Å². The number of nitrogens with one attached hydrogen (secondary N) is 3. The summed E-state index contributed by atoms with van der Waals surface area (Å²) in [5.41, 5.74) is 1.41. The predicted octanol–water partition coefficient (Wildman–Crippen LogP) is 2.75. The summed E-state index contributed by atoms with van der Waals surface area (Å²) < 4.78 is 4.81. The molecule has 2 amide bonds. The van der Waals surface area contributed by atoms with Crippen LogP contribution in [0, 0.1) is 0 Å². The van der Waals surface area contributed by atoms with E-state index in [9.17, 15) is 9.59 Å². The molecule has 3 N–H and O–H groups in total. The van der Waals surface area contributed by atoms with Gasteiger partial charge in [-0.1, -0.05) is 6.07 Å². The van der Waals surface area contributed by atoms with E-state index in [1.165, 1.54) is 11.2 Å². The zero-order valence-corrected chi connectivity index (χ0v) is 15.9. The fourth-order valence-corrected chi connectivity index (χ4v) is 2.79. The van der Waals surface area contributed by atoms with E-state index in [1.807, 2.05) is 30.3 Å². The Labute approximate surface area is 172 Å². The first-order valence-electron chi connectivity index (χ1n) is 9.24. The minimum absolute atomic E-state index is 0.0359. The van der Waals surface area contributed by atoms with Crippen molar-refractivity contribution in [2.45, 2.75) is 0 Å². The monoisotopic (exact) mass is 405 g/mol. The maximum atomic E-state index is 12.1. The summed E-state index contributed by atoms with van der Waals surface area (Å²) in [5, 5.41) is 9.05. The number of carbonyl (C=O) groups is 2. The molecule has 0 unspecified atom stereocenters.